The number of benzene rings is 1. The molecule has 0 atom stereocenters. The molecule has 0 bridgehead atoms. The van der Waals surface area contributed by atoms with Gasteiger partial charge in [-0.15, -0.1) is 0 Å². The minimum Gasteiger partial charge on any atom is -0.430 e. The number of hydrogen-bond donors (Lipinski definition) is 2. The molecule has 144 valence electrons. The average molecular weight is 387 g/mol. The zero-order valence-electron chi connectivity index (χ0n) is 16.4. The number of thiocarbonyl (C=S) groups is 1. The van der Waals surface area contributed by atoms with Crippen LogP contribution in [0.25, 0.3) is 0 Å². The summed E-state index contributed by atoms with van der Waals surface area (Å²) in [5.74, 6) is 0.768. The lowest BCUT2D eigenvalue weighted by Gasteiger charge is -2.16. The van der Waals surface area contributed by atoms with Crippen LogP contribution >= 0.6 is 12.2 Å². The van der Waals surface area contributed by atoms with E-state index in [4.69, 9.17) is 27.8 Å². The first-order chi connectivity index (χ1) is 12.6. The summed E-state index contributed by atoms with van der Waals surface area (Å²) in [6.07, 6.45) is 3.88. The first-order valence-corrected chi connectivity index (χ1v) is 9.12. The van der Waals surface area contributed by atoms with Gasteiger partial charge in [-0.2, -0.15) is 4.99 Å². The Morgan fingerprint density at radius 2 is 1.89 bits per heavy atom. The van der Waals surface area contributed by atoms with E-state index < -0.39 is 0 Å². The van der Waals surface area contributed by atoms with E-state index in [2.05, 4.69) is 35.7 Å². The fourth-order valence-corrected chi connectivity index (χ4v) is 2.66. The van der Waals surface area contributed by atoms with E-state index in [1.807, 2.05) is 26.0 Å². The van der Waals surface area contributed by atoms with E-state index in [-0.39, 0.29) is 23.0 Å². The summed E-state index contributed by atoms with van der Waals surface area (Å²) < 4.78 is 5.68. The summed E-state index contributed by atoms with van der Waals surface area (Å²) in [5.41, 5.74) is 10.2. The molecule has 0 aliphatic carbocycles. The van der Waals surface area contributed by atoms with Gasteiger partial charge >= 0.3 is 0 Å². The Bertz CT molecular complexity index is 856. The Kier molecular flexibility index (Phi) is 6.62. The summed E-state index contributed by atoms with van der Waals surface area (Å²) >= 11 is 5.21. The van der Waals surface area contributed by atoms with Crippen molar-refractivity contribution < 1.29 is 9.84 Å². The SMILES string of the molecule is Cc1cc(OC(=S)N=C(N)c2cnc(C(C)(C)C)cn2)c(C)cc1CCO. The lowest BCUT2D eigenvalue weighted by Crippen LogP contribution is -2.21. The number of hydrogen-bond acceptors (Lipinski definition) is 5. The molecule has 0 saturated heterocycles. The number of rotatable bonds is 4. The Labute approximate surface area is 165 Å². The fraction of sp³-hybridized carbons (Fsp3) is 0.400. The lowest BCUT2D eigenvalue weighted by atomic mass is 9.93. The van der Waals surface area contributed by atoms with Crippen LogP contribution in [0.2, 0.25) is 0 Å². The van der Waals surface area contributed by atoms with Crippen LogP contribution in [-0.2, 0) is 11.8 Å². The third-order valence-corrected chi connectivity index (χ3v) is 4.28. The van der Waals surface area contributed by atoms with Gasteiger partial charge in [-0.1, -0.05) is 26.8 Å². The van der Waals surface area contributed by atoms with Crippen LogP contribution in [0.15, 0.2) is 29.5 Å². The van der Waals surface area contributed by atoms with E-state index in [9.17, 15) is 0 Å². The Morgan fingerprint density at radius 3 is 2.44 bits per heavy atom. The van der Waals surface area contributed by atoms with Crippen LogP contribution in [0.5, 0.6) is 5.75 Å². The number of aliphatic hydroxyl groups excluding tert-OH is 1. The van der Waals surface area contributed by atoms with E-state index in [1.165, 1.54) is 0 Å². The van der Waals surface area contributed by atoms with E-state index in [0.717, 1.165) is 22.4 Å². The number of ether oxygens (including phenoxy) is 1. The second kappa shape index (κ2) is 8.54. The normalized spacial score (nSPS) is 12.1. The molecule has 2 rings (SSSR count). The first kappa shape index (κ1) is 20.9. The maximum Gasteiger partial charge on any atom is 0.290 e. The predicted molar refractivity (Wildman–Crippen MR) is 111 cm³/mol. The molecular formula is C20H26N4O2S. The number of amidine groups is 1. The highest BCUT2D eigenvalue weighted by atomic mass is 32.1. The molecular weight excluding hydrogens is 360 g/mol. The highest BCUT2D eigenvalue weighted by Crippen LogP contribution is 2.24. The van der Waals surface area contributed by atoms with Crippen LogP contribution in [0, 0.1) is 13.8 Å². The largest absolute Gasteiger partial charge is 0.430 e. The van der Waals surface area contributed by atoms with Crippen molar-refractivity contribution in [2.45, 2.75) is 46.5 Å². The van der Waals surface area contributed by atoms with Gasteiger partial charge in [0.05, 0.1) is 11.9 Å². The Morgan fingerprint density at radius 1 is 1.19 bits per heavy atom. The summed E-state index contributed by atoms with van der Waals surface area (Å²) in [7, 11) is 0. The third-order valence-electron chi connectivity index (χ3n) is 4.11. The summed E-state index contributed by atoms with van der Waals surface area (Å²) in [4.78, 5) is 12.8. The van der Waals surface area contributed by atoms with Gasteiger partial charge in [0.1, 0.15) is 11.4 Å². The van der Waals surface area contributed by atoms with Gasteiger partial charge < -0.3 is 15.6 Å². The van der Waals surface area contributed by atoms with Gasteiger partial charge in [-0.05, 0) is 55.2 Å². The molecule has 0 fully saturated rings. The number of nitrogens with two attached hydrogens (primary N) is 1. The number of aryl methyl sites for hydroxylation is 2. The van der Waals surface area contributed by atoms with E-state index in [0.29, 0.717) is 17.9 Å². The van der Waals surface area contributed by atoms with E-state index >= 15 is 0 Å². The number of aliphatic imine (C=N–C) groups is 1. The van der Waals surface area contributed by atoms with Crippen LogP contribution in [0.4, 0.5) is 0 Å². The zero-order chi connectivity index (χ0) is 20.2. The van der Waals surface area contributed by atoms with Crippen molar-refractivity contribution in [3.63, 3.8) is 0 Å². The van der Waals surface area contributed by atoms with Gasteiger partial charge in [-0.3, -0.25) is 4.98 Å². The van der Waals surface area contributed by atoms with Gasteiger partial charge in [0, 0.05) is 18.2 Å². The van der Waals surface area contributed by atoms with Crippen molar-refractivity contribution in [2.24, 2.45) is 10.7 Å². The van der Waals surface area contributed by atoms with Crippen LogP contribution in [0.1, 0.15) is 48.8 Å². The molecule has 0 aliphatic heterocycles. The smallest absolute Gasteiger partial charge is 0.290 e. The van der Waals surface area contributed by atoms with Crippen LogP contribution < -0.4 is 10.5 Å². The van der Waals surface area contributed by atoms with Crippen molar-refractivity contribution in [3.05, 3.63) is 52.6 Å². The molecule has 0 amide bonds. The quantitative estimate of drug-likeness (QED) is 0.477. The molecule has 3 N–H and O–H groups in total. The maximum absolute atomic E-state index is 9.12. The second-order valence-corrected chi connectivity index (χ2v) is 7.77. The molecule has 0 aliphatic rings. The summed E-state index contributed by atoms with van der Waals surface area (Å²) in [6, 6.07) is 3.86. The molecule has 0 saturated carbocycles. The molecule has 7 heteroatoms. The van der Waals surface area contributed by atoms with Gasteiger partial charge in [0.25, 0.3) is 5.17 Å². The van der Waals surface area contributed by atoms with Crippen LogP contribution in [0.3, 0.4) is 0 Å². The molecule has 2 aromatic rings. The lowest BCUT2D eigenvalue weighted by molar-refractivity contribution is 0.299. The first-order valence-electron chi connectivity index (χ1n) is 8.71. The Balaban J connectivity index is 2.15. The second-order valence-electron chi connectivity index (χ2n) is 7.42. The molecule has 0 unspecified atom stereocenters. The topological polar surface area (TPSA) is 93.6 Å². The summed E-state index contributed by atoms with van der Waals surface area (Å²) in [5, 5.41) is 9.13. The number of nitrogens with zero attached hydrogens (tertiary/aromatic N) is 3. The standard InChI is InChI=1S/C20H26N4O2S/c1-12-9-16(13(2)8-14(12)6-7-25)26-19(27)24-18(21)15-10-23-17(11-22-15)20(3,4)5/h8-11,25H,6-7H2,1-5H3,(H2,21,24,27). The summed E-state index contributed by atoms with van der Waals surface area (Å²) in [6.45, 7) is 10.2. The van der Waals surface area contributed by atoms with Gasteiger partial charge in [-0.25, -0.2) is 4.98 Å². The molecule has 1 aromatic carbocycles. The highest BCUT2D eigenvalue weighted by Gasteiger charge is 2.16. The predicted octanol–water partition coefficient (Wildman–Crippen LogP) is 2.99. The molecule has 0 spiro atoms. The monoisotopic (exact) mass is 386 g/mol. The number of aliphatic hydroxyl groups is 1. The van der Waals surface area contributed by atoms with Crippen molar-refractivity contribution in [2.75, 3.05) is 6.61 Å². The van der Waals surface area contributed by atoms with Crippen molar-refractivity contribution in [3.8, 4) is 5.75 Å². The molecule has 6 nitrogen and oxygen atoms in total. The fourth-order valence-electron chi connectivity index (χ4n) is 2.47. The minimum absolute atomic E-state index is 0.00612. The average Bonchev–Trinajstić information content (AvgIpc) is 2.58. The van der Waals surface area contributed by atoms with Crippen molar-refractivity contribution in [1.29, 1.82) is 0 Å². The van der Waals surface area contributed by atoms with Crippen molar-refractivity contribution in [1.82, 2.24) is 9.97 Å². The molecule has 0 radical (unpaired) electrons. The minimum atomic E-state index is -0.0899. The Hall–Kier alpha value is -2.38. The maximum atomic E-state index is 9.12. The molecule has 1 heterocycles. The molecule has 1 aromatic heterocycles. The zero-order valence-corrected chi connectivity index (χ0v) is 17.2. The number of aromatic nitrogens is 2. The highest BCUT2D eigenvalue weighted by molar-refractivity contribution is 7.80. The van der Waals surface area contributed by atoms with Crippen molar-refractivity contribution >= 4 is 23.2 Å². The van der Waals surface area contributed by atoms with Gasteiger partial charge in [0.2, 0.25) is 0 Å². The van der Waals surface area contributed by atoms with E-state index in [1.54, 1.807) is 12.4 Å². The third kappa shape index (κ3) is 5.55. The van der Waals surface area contributed by atoms with Gasteiger partial charge in [0.15, 0.2) is 5.84 Å². The van der Waals surface area contributed by atoms with Crippen LogP contribution in [-0.4, -0.2) is 32.7 Å². The molecule has 27 heavy (non-hydrogen) atoms.